The smallest absolute Gasteiger partial charge is 0.318 e. The molecule has 1 rings (SSSR count). The second-order valence-electron chi connectivity index (χ2n) is 3.70. The van der Waals surface area contributed by atoms with Gasteiger partial charge in [0, 0.05) is 7.05 Å². The van der Waals surface area contributed by atoms with Crippen molar-refractivity contribution in [2.24, 2.45) is 0 Å². The average molecular weight is 234 g/mol. The lowest BCUT2D eigenvalue weighted by Gasteiger charge is -2.25. The minimum absolute atomic E-state index is 0.145. The SMILES string of the molecule is C#CCNC(=O)N(C)C(C)c1ccc(F)cc1. The zero-order chi connectivity index (χ0) is 12.8. The van der Waals surface area contributed by atoms with Gasteiger partial charge in [0.25, 0.3) is 0 Å². The van der Waals surface area contributed by atoms with Crippen LogP contribution in [0.25, 0.3) is 0 Å². The quantitative estimate of drug-likeness (QED) is 0.799. The van der Waals surface area contributed by atoms with Gasteiger partial charge in [-0.05, 0) is 24.6 Å². The van der Waals surface area contributed by atoms with Crippen molar-refractivity contribution in [3.05, 3.63) is 35.6 Å². The molecule has 3 nitrogen and oxygen atoms in total. The Labute approximate surface area is 101 Å². The number of carbonyl (C=O) groups excluding carboxylic acids is 1. The Morgan fingerprint density at radius 1 is 1.53 bits per heavy atom. The summed E-state index contributed by atoms with van der Waals surface area (Å²) in [4.78, 5) is 13.1. The molecule has 0 spiro atoms. The van der Waals surface area contributed by atoms with Crippen molar-refractivity contribution in [3.63, 3.8) is 0 Å². The summed E-state index contributed by atoms with van der Waals surface area (Å²) in [5.41, 5.74) is 0.866. The fraction of sp³-hybridized carbons (Fsp3) is 0.308. The molecular formula is C13H15FN2O. The van der Waals surface area contributed by atoms with Gasteiger partial charge in [-0.2, -0.15) is 0 Å². The van der Waals surface area contributed by atoms with Gasteiger partial charge < -0.3 is 10.2 Å². The third kappa shape index (κ3) is 3.49. The molecule has 0 saturated heterocycles. The van der Waals surface area contributed by atoms with Gasteiger partial charge in [0.2, 0.25) is 0 Å². The number of halogens is 1. The summed E-state index contributed by atoms with van der Waals surface area (Å²) in [5.74, 6) is 2.04. The number of hydrogen-bond acceptors (Lipinski definition) is 1. The van der Waals surface area contributed by atoms with E-state index in [0.717, 1.165) is 5.56 Å². The number of hydrogen-bond donors (Lipinski definition) is 1. The summed E-state index contributed by atoms with van der Waals surface area (Å²) in [5, 5.41) is 2.57. The molecule has 0 radical (unpaired) electrons. The van der Waals surface area contributed by atoms with Crippen LogP contribution in [0.1, 0.15) is 18.5 Å². The highest BCUT2D eigenvalue weighted by Gasteiger charge is 2.16. The van der Waals surface area contributed by atoms with Crippen LogP contribution in [-0.4, -0.2) is 24.5 Å². The highest BCUT2D eigenvalue weighted by atomic mass is 19.1. The highest BCUT2D eigenvalue weighted by Crippen LogP contribution is 2.18. The van der Waals surface area contributed by atoms with Crippen LogP contribution >= 0.6 is 0 Å². The van der Waals surface area contributed by atoms with Crippen molar-refractivity contribution in [2.75, 3.05) is 13.6 Å². The fourth-order valence-corrected chi connectivity index (χ4v) is 1.39. The van der Waals surface area contributed by atoms with E-state index >= 15 is 0 Å². The first-order valence-electron chi connectivity index (χ1n) is 5.26. The molecule has 0 aliphatic carbocycles. The summed E-state index contributed by atoms with van der Waals surface area (Å²) in [6.07, 6.45) is 5.06. The lowest BCUT2D eigenvalue weighted by molar-refractivity contribution is 0.196. The van der Waals surface area contributed by atoms with E-state index in [9.17, 15) is 9.18 Å². The Balaban J connectivity index is 2.69. The van der Waals surface area contributed by atoms with Crippen LogP contribution in [0.5, 0.6) is 0 Å². The highest BCUT2D eigenvalue weighted by molar-refractivity contribution is 5.74. The van der Waals surface area contributed by atoms with Crippen LogP contribution in [0, 0.1) is 18.2 Å². The lowest BCUT2D eigenvalue weighted by Crippen LogP contribution is -2.38. The molecule has 90 valence electrons. The first-order valence-corrected chi connectivity index (χ1v) is 5.26. The topological polar surface area (TPSA) is 32.3 Å². The molecule has 0 heterocycles. The number of rotatable bonds is 3. The third-order valence-corrected chi connectivity index (χ3v) is 2.60. The molecule has 0 aromatic heterocycles. The van der Waals surface area contributed by atoms with Crippen molar-refractivity contribution < 1.29 is 9.18 Å². The Morgan fingerprint density at radius 2 is 2.12 bits per heavy atom. The largest absolute Gasteiger partial charge is 0.327 e. The monoisotopic (exact) mass is 234 g/mol. The van der Waals surface area contributed by atoms with Crippen molar-refractivity contribution in [3.8, 4) is 12.3 Å². The molecule has 1 N–H and O–H groups in total. The van der Waals surface area contributed by atoms with Crippen molar-refractivity contribution in [1.82, 2.24) is 10.2 Å². The normalized spacial score (nSPS) is 11.4. The second-order valence-corrected chi connectivity index (χ2v) is 3.70. The van der Waals surface area contributed by atoms with Gasteiger partial charge in [0.05, 0.1) is 12.6 Å². The predicted molar refractivity (Wildman–Crippen MR) is 64.8 cm³/mol. The van der Waals surface area contributed by atoms with Gasteiger partial charge in [-0.3, -0.25) is 0 Å². The molecule has 2 amide bonds. The lowest BCUT2D eigenvalue weighted by atomic mass is 10.1. The van der Waals surface area contributed by atoms with E-state index in [0.29, 0.717) is 0 Å². The average Bonchev–Trinajstić information content (AvgIpc) is 2.35. The van der Waals surface area contributed by atoms with Crippen LogP contribution in [0.4, 0.5) is 9.18 Å². The van der Waals surface area contributed by atoms with Gasteiger partial charge in [-0.15, -0.1) is 6.42 Å². The van der Waals surface area contributed by atoms with Crippen LogP contribution in [0.15, 0.2) is 24.3 Å². The van der Waals surface area contributed by atoms with Gasteiger partial charge in [-0.1, -0.05) is 18.1 Å². The van der Waals surface area contributed by atoms with E-state index in [4.69, 9.17) is 6.42 Å². The number of terminal acetylenes is 1. The van der Waals surface area contributed by atoms with E-state index in [1.165, 1.54) is 17.0 Å². The van der Waals surface area contributed by atoms with Crippen molar-refractivity contribution in [1.29, 1.82) is 0 Å². The summed E-state index contributed by atoms with van der Waals surface area (Å²) in [7, 11) is 1.67. The number of nitrogens with one attached hydrogen (secondary N) is 1. The van der Waals surface area contributed by atoms with Gasteiger partial charge in [-0.25, -0.2) is 9.18 Å². The third-order valence-electron chi connectivity index (χ3n) is 2.60. The molecule has 0 aliphatic rings. The summed E-state index contributed by atoms with van der Waals surface area (Å²) < 4.78 is 12.8. The maximum atomic E-state index is 12.8. The van der Waals surface area contributed by atoms with Crippen LogP contribution in [-0.2, 0) is 0 Å². The summed E-state index contributed by atoms with van der Waals surface area (Å²) >= 11 is 0. The van der Waals surface area contributed by atoms with E-state index in [-0.39, 0.29) is 24.4 Å². The number of urea groups is 1. The number of carbonyl (C=O) groups is 1. The molecule has 17 heavy (non-hydrogen) atoms. The second kappa shape index (κ2) is 5.90. The minimum Gasteiger partial charge on any atom is -0.327 e. The number of amides is 2. The Morgan fingerprint density at radius 3 is 2.65 bits per heavy atom. The van der Waals surface area contributed by atoms with Crippen molar-refractivity contribution >= 4 is 6.03 Å². The zero-order valence-electron chi connectivity index (χ0n) is 9.90. The zero-order valence-corrected chi connectivity index (χ0v) is 9.90. The molecule has 0 bridgehead atoms. The molecule has 1 aromatic rings. The van der Waals surface area contributed by atoms with Crippen LogP contribution < -0.4 is 5.32 Å². The Hall–Kier alpha value is -2.02. The molecule has 0 fully saturated rings. The molecule has 1 unspecified atom stereocenters. The molecule has 1 aromatic carbocycles. The molecule has 0 aliphatic heterocycles. The number of benzene rings is 1. The fourth-order valence-electron chi connectivity index (χ4n) is 1.39. The van der Waals surface area contributed by atoms with E-state index < -0.39 is 0 Å². The van der Waals surface area contributed by atoms with Gasteiger partial charge in [0.15, 0.2) is 0 Å². The minimum atomic E-state index is -0.291. The first-order chi connectivity index (χ1) is 8.06. The van der Waals surface area contributed by atoms with E-state index in [1.807, 2.05) is 6.92 Å². The molecule has 0 saturated carbocycles. The van der Waals surface area contributed by atoms with Gasteiger partial charge >= 0.3 is 6.03 Å². The van der Waals surface area contributed by atoms with Crippen LogP contribution in [0.3, 0.4) is 0 Å². The summed E-state index contributed by atoms with van der Waals surface area (Å²) in [6, 6.07) is 5.67. The first kappa shape index (κ1) is 13.0. The summed E-state index contributed by atoms with van der Waals surface area (Å²) in [6.45, 7) is 2.06. The molecule has 4 heteroatoms. The van der Waals surface area contributed by atoms with Gasteiger partial charge in [0.1, 0.15) is 5.82 Å². The van der Waals surface area contributed by atoms with Crippen LogP contribution in [0.2, 0.25) is 0 Å². The standard InChI is InChI=1S/C13H15FN2O/c1-4-9-15-13(17)16(3)10(2)11-5-7-12(14)8-6-11/h1,5-8,10H,9H2,2-3H3,(H,15,17). The molecular weight excluding hydrogens is 219 g/mol. The Bertz CT molecular complexity index is 422. The maximum absolute atomic E-state index is 12.8. The maximum Gasteiger partial charge on any atom is 0.318 e. The Kier molecular flexibility index (Phi) is 4.53. The number of nitrogens with zero attached hydrogens (tertiary/aromatic N) is 1. The predicted octanol–water partition coefficient (Wildman–Crippen LogP) is 2.16. The van der Waals surface area contributed by atoms with Crippen molar-refractivity contribution in [2.45, 2.75) is 13.0 Å². The molecule has 1 atom stereocenters. The van der Waals surface area contributed by atoms with E-state index in [2.05, 4.69) is 11.2 Å². The van der Waals surface area contributed by atoms with E-state index in [1.54, 1.807) is 19.2 Å².